The molecule has 1 aromatic heterocycles. The molecule has 0 aliphatic carbocycles. The van der Waals surface area contributed by atoms with Gasteiger partial charge in [-0.1, -0.05) is 11.6 Å². The Morgan fingerprint density at radius 3 is 2.20 bits per heavy atom. The van der Waals surface area contributed by atoms with E-state index in [0.29, 0.717) is 21.9 Å². The molecule has 0 spiro atoms. The van der Waals surface area contributed by atoms with Crippen molar-refractivity contribution in [1.29, 1.82) is 0 Å². The summed E-state index contributed by atoms with van der Waals surface area (Å²) in [6.45, 7) is 4.77. The summed E-state index contributed by atoms with van der Waals surface area (Å²) >= 11 is 5.93. The van der Waals surface area contributed by atoms with Crippen molar-refractivity contribution in [2.45, 2.75) is 26.4 Å². The molecule has 158 valence electrons. The van der Waals surface area contributed by atoms with Crippen LogP contribution in [-0.2, 0) is 19.1 Å². The van der Waals surface area contributed by atoms with Gasteiger partial charge < -0.3 is 23.4 Å². The summed E-state index contributed by atoms with van der Waals surface area (Å²) in [7, 11) is 0. The minimum atomic E-state index is -1.94. The zero-order valence-electron chi connectivity index (χ0n) is 16.6. The van der Waals surface area contributed by atoms with Crippen LogP contribution in [0.5, 0.6) is 17.6 Å². The second kappa shape index (κ2) is 9.04. The van der Waals surface area contributed by atoms with Gasteiger partial charge in [-0.15, -0.1) is 0 Å². The molecule has 0 saturated heterocycles. The number of esters is 2. The molecule has 0 bridgehead atoms. The van der Waals surface area contributed by atoms with Crippen LogP contribution in [0.1, 0.15) is 20.8 Å². The molecule has 0 N–H and O–H groups in total. The number of fused-ring (bicyclic) bond motifs is 1. The van der Waals surface area contributed by atoms with Crippen molar-refractivity contribution >= 4 is 34.6 Å². The summed E-state index contributed by atoms with van der Waals surface area (Å²) in [6.07, 6.45) is 0.0452. The lowest BCUT2D eigenvalue weighted by atomic mass is 10.1. The second-order valence-electron chi connectivity index (χ2n) is 6.24. The van der Waals surface area contributed by atoms with Crippen LogP contribution in [0.2, 0.25) is 5.02 Å². The zero-order chi connectivity index (χ0) is 21.7. The maximum atomic E-state index is 12.3. The highest BCUT2D eigenvalue weighted by molar-refractivity contribution is 6.31. The first-order valence-electron chi connectivity index (χ1n) is 9.23. The van der Waals surface area contributed by atoms with Crippen LogP contribution >= 0.6 is 11.6 Å². The average Bonchev–Trinajstić information content (AvgIpc) is 3.11. The number of aromatic nitrogens is 1. The fourth-order valence-corrected chi connectivity index (χ4v) is 2.70. The highest BCUT2D eigenvalue weighted by Gasteiger charge is 2.47. The summed E-state index contributed by atoms with van der Waals surface area (Å²) in [4.78, 5) is 28.8. The lowest BCUT2D eigenvalue weighted by Gasteiger charge is -2.26. The molecular weight excluding hydrogens is 414 g/mol. The molecule has 0 aliphatic rings. The first-order chi connectivity index (χ1) is 14.4. The Bertz CT molecular complexity index is 1030. The third-order valence-electron chi connectivity index (χ3n) is 4.01. The molecule has 0 radical (unpaired) electrons. The van der Waals surface area contributed by atoms with Gasteiger partial charge in [-0.25, -0.2) is 9.59 Å². The van der Waals surface area contributed by atoms with E-state index in [4.69, 9.17) is 35.0 Å². The van der Waals surface area contributed by atoms with E-state index in [1.807, 2.05) is 0 Å². The quantitative estimate of drug-likeness (QED) is 0.377. The highest BCUT2D eigenvalue weighted by atomic mass is 35.5. The maximum Gasteiger partial charge on any atom is 0.400 e. The number of hydrogen-bond donors (Lipinski definition) is 0. The van der Waals surface area contributed by atoms with Gasteiger partial charge in [0.15, 0.2) is 5.58 Å². The Morgan fingerprint density at radius 1 is 1.00 bits per heavy atom. The lowest BCUT2D eigenvalue weighted by molar-refractivity contribution is -0.177. The van der Waals surface area contributed by atoms with E-state index in [0.717, 1.165) is 0 Å². The number of ether oxygens (including phenoxy) is 4. The van der Waals surface area contributed by atoms with Gasteiger partial charge in [-0.2, -0.15) is 4.98 Å². The number of rotatable bonds is 8. The SMILES string of the molecule is CCOC(=O)C(C)(Oc1ccc(Oc2nc3ccc(Cl)cc3o2)cc1)C(=O)OCC. The summed E-state index contributed by atoms with van der Waals surface area (Å²) < 4.78 is 26.7. The normalized spacial score (nSPS) is 11.2. The number of hydrogen-bond acceptors (Lipinski definition) is 8. The Kier molecular flexibility index (Phi) is 6.47. The molecular formula is C21H20ClNO7. The molecule has 8 nitrogen and oxygen atoms in total. The van der Waals surface area contributed by atoms with E-state index >= 15 is 0 Å². The monoisotopic (exact) mass is 433 g/mol. The molecule has 0 fully saturated rings. The summed E-state index contributed by atoms with van der Waals surface area (Å²) in [5, 5.41) is 0.526. The average molecular weight is 434 g/mol. The largest absolute Gasteiger partial charge is 0.464 e. The number of carbonyl (C=O) groups is 2. The van der Waals surface area contributed by atoms with E-state index in [1.54, 1.807) is 44.2 Å². The Morgan fingerprint density at radius 2 is 1.60 bits per heavy atom. The van der Waals surface area contributed by atoms with Crippen LogP contribution in [-0.4, -0.2) is 35.7 Å². The van der Waals surface area contributed by atoms with E-state index in [9.17, 15) is 9.59 Å². The number of oxazole rings is 1. The van der Waals surface area contributed by atoms with Gasteiger partial charge in [0.05, 0.1) is 13.2 Å². The summed E-state index contributed by atoms with van der Waals surface area (Å²) in [5.41, 5.74) is -0.834. The van der Waals surface area contributed by atoms with Crippen molar-refractivity contribution in [2.75, 3.05) is 13.2 Å². The van der Waals surface area contributed by atoms with Crippen LogP contribution < -0.4 is 9.47 Å². The first-order valence-corrected chi connectivity index (χ1v) is 9.61. The van der Waals surface area contributed by atoms with Gasteiger partial charge >= 0.3 is 18.0 Å². The minimum Gasteiger partial charge on any atom is -0.464 e. The molecule has 0 atom stereocenters. The van der Waals surface area contributed by atoms with Gasteiger partial charge in [-0.3, -0.25) is 0 Å². The Balaban J connectivity index is 1.75. The Labute approximate surface area is 177 Å². The van der Waals surface area contributed by atoms with E-state index in [2.05, 4.69) is 4.98 Å². The van der Waals surface area contributed by atoms with Gasteiger partial charge in [0.1, 0.15) is 17.0 Å². The van der Waals surface area contributed by atoms with Crippen molar-refractivity contribution in [3.05, 3.63) is 47.5 Å². The van der Waals surface area contributed by atoms with Crippen molar-refractivity contribution in [3.63, 3.8) is 0 Å². The van der Waals surface area contributed by atoms with Crippen LogP contribution in [0.25, 0.3) is 11.1 Å². The number of benzene rings is 2. The summed E-state index contributed by atoms with van der Waals surface area (Å²) in [6, 6.07) is 11.3. The van der Waals surface area contributed by atoms with E-state index in [1.165, 1.54) is 19.1 Å². The van der Waals surface area contributed by atoms with Crippen molar-refractivity contribution in [3.8, 4) is 17.6 Å². The Hall–Kier alpha value is -3.26. The number of halogens is 1. The van der Waals surface area contributed by atoms with E-state index in [-0.39, 0.29) is 25.0 Å². The molecule has 3 aromatic rings. The van der Waals surface area contributed by atoms with Gasteiger partial charge in [0, 0.05) is 11.1 Å². The fraction of sp³-hybridized carbons (Fsp3) is 0.286. The molecule has 3 rings (SSSR count). The van der Waals surface area contributed by atoms with Crippen LogP contribution in [0.15, 0.2) is 46.9 Å². The molecule has 9 heteroatoms. The van der Waals surface area contributed by atoms with Crippen molar-refractivity contribution in [2.24, 2.45) is 0 Å². The third-order valence-corrected chi connectivity index (χ3v) is 4.25. The lowest BCUT2D eigenvalue weighted by Crippen LogP contribution is -2.51. The van der Waals surface area contributed by atoms with Crippen molar-refractivity contribution in [1.82, 2.24) is 4.98 Å². The predicted octanol–water partition coefficient (Wildman–Crippen LogP) is 4.54. The standard InChI is InChI=1S/C21H20ClNO7/c1-4-26-18(24)21(3,19(25)27-5-2)30-15-9-7-14(8-10-15)28-20-23-16-11-6-13(22)12-17(16)29-20/h6-12H,4-5H2,1-3H3. The smallest absolute Gasteiger partial charge is 0.400 e. The minimum absolute atomic E-state index is 0.0452. The topological polar surface area (TPSA) is 97.1 Å². The van der Waals surface area contributed by atoms with E-state index < -0.39 is 17.5 Å². The molecule has 1 heterocycles. The highest BCUT2D eigenvalue weighted by Crippen LogP contribution is 2.29. The number of carbonyl (C=O) groups excluding carboxylic acids is 2. The molecule has 2 aromatic carbocycles. The molecule has 0 saturated carbocycles. The fourth-order valence-electron chi connectivity index (χ4n) is 2.54. The zero-order valence-corrected chi connectivity index (χ0v) is 17.4. The van der Waals surface area contributed by atoms with Crippen molar-refractivity contribution < 1.29 is 33.0 Å². The molecule has 30 heavy (non-hydrogen) atoms. The second-order valence-corrected chi connectivity index (χ2v) is 6.68. The van der Waals surface area contributed by atoms with Gasteiger partial charge in [0.25, 0.3) is 5.60 Å². The predicted molar refractivity (Wildman–Crippen MR) is 108 cm³/mol. The molecule has 0 amide bonds. The first kappa shape index (κ1) is 21.4. The van der Waals surface area contributed by atoms with Crippen LogP contribution in [0, 0.1) is 0 Å². The number of nitrogens with zero attached hydrogens (tertiary/aromatic N) is 1. The van der Waals surface area contributed by atoms with Gasteiger partial charge in [0.2, 0.25) is 0 Å². The maximum absolute atomic E-state index is 12.3. The molecule has 0 aliphatic heterocycles. The third kappa shape index (κ3) is 4.65. The molecule has 0 unspecified atom stereocenters. The summed E-state index contributed by atoms with van der Waals surface area (Å²) in [5.74, 6) is -1.02. The van der Waals surface area contributed by atoms with Crippen LogP contribution in [0.4, 0.5) is 0 Å². The van der Waals surface area contributed by atoms with Crippen LogP contribution in [0.3, 0.4) is 0 Å². The van der Waals surface area contributed by atoms with Gasteiger partial charge in [-0.05, 0) is 57.2 Å².